The Morgan fingerprint density at radius 2 is 1.93 bits per heavy atom. The lowest BCUT2D eigenvalue weighted by atomic mass is 10.5. The number of carbonyl (C=O) groups is 1. The highest BCUT2D eigenvalue weighted by atomic mass is 32.2. The van der Waals surface area contributed by atoms with Crippen LogP contribution >= 0.6 is 0 Å². The van der Waals surface area contributed by atoms with Crippen molar-refractivity contribution in [2.45, 2.75) is 18.3 Å². The van der Waals surface area contributed by atoms with Gasteiger partial charge in [0.05, 0.1) is 0 Å². The molecular formula is C6H10F3NO4S. The number of nitrogens with one attached hydrogen (secondary N) is 1. The fraction of sp³-hybridized carbons (Fsp3) is 0.833. The molecule has 1 N–H and O–H groups in total. The fourth-order valence-electron chi connectivity index (χ4n) is 0.466. The van der Waals surface area contributed by atoms with Crippen LogP contribution in [0.5, 0.6) is 0 Å². The number of hydrogen-bond acceptors (Lipinski definition) is 4. The van der Waals surface area contributed by atoms with E-state index in [1.807, 2.05) is 0 Å². The normalized spacial score (nSPS) is 14.7. The third-order valence-corrected chi connectivity index (χ3v) is 2.92. The lowest BCUT2D eigenvalue weighted by Crippen LogP contribution is -2.39. The van der Waals surface area contributed by atoms with Gasteiger partial charge >= 0.3 is 6.18 Å². The van der Waals surface area contributed by atoms with E-state index in [0.717, 1.165) is 13.2 Å². The molecule has 0 radical (unpaired) electrons. The summed E-state index contributed by atoms with van der Waals surface area (Å²) in [6.07, 6.45) is -3.79. The first kappa shape index (κ1) is 14.2. The van der Waals surface area contributed by atoms with E-state index in [1.165, 1.54) is 5.48 Å². The minimum absolute atomic E-state index is 0.793. The molecule has 0 aromatic carbocycles. The Bertz CT molecular complexity index is 324. The summed E-state index contributed by atoms with van der Waals surface area (Å²) in [4.78, 5) is 14.7. The largest absolute Gasteiger partial charge is 0.414 e. The van der Waals surface area contributed by atoms with Crippen LogP contribution in [0, 0.1) is 0 Å². The van der Waals surface area contributed by atoms with Crippen LogP contribution < -0.4 is 5.48 Å². The molecule has 0 aliphatic heterocycles. The molecule has 0 heterocycles. The summed E-state index contributed by atoms with van der Waals surface area (Å²) in [5.74, 6) is -1.14. The molecule has 5 nitrogen and oxygen atoms in total. The number of sulfone groups is 1. The molecular weight excluding hydrogens is 239 g/mol. The van der Waals surface area contributed by atoms with Gasteiger partial charge < -0.3 is 0 Å². The molecule has 90 valence electrons. The molecule has 0 aromatic heterocycles. The Balaban J connectivity index is 4.07. The monoisotopic (exact) mass is 249 g/mol. The van der Waals surface area contributed by atoms with E-state index in [2.05, 4.69) is 4.84 Å². The Hall–Kier alpha value is -0.830. The third kappa shape index (κ3) is 6.28. The van der Waals surface area contributed by atoms with Gasteiger partial charge in [-0.05, 0) is 6.92 Å². The van der Waals surface area contributed by atoms with Gasteiger partial charge in [0, 0.05) is 6.26 Å². The van der Waals surface area contributed by atoms with Gasteiger partial charge in [-0.1, -0.05) is 0 Å². The lowest BCUT2D eigenvalue weighted by molar-refractivity contribution is -0.191. The van der Waals surface area contributed by atoms with E-state index >= 15 is 0 Å². The standard InChI is InChI=1S/C6H10F3NO4S/c1-4(15(2,12)13)5(11)10-14-3-6(7,8)9/h4H,3H2,1-2H3,(H,10,11). The second-order valence-corrected chi connectivity index (χ2v) is 5.21. The molecule has 0 saturated heterocycles. The number of halogens is 3. The highest BCUT2D eigenvalue weighted by Crippen LogP contribution is 2.13. The van der Waals surface area contributed by atoms with Crippen LogP contribution in [0.1, 0.15) is 6.92 Å². The average Bonchev–Trinajstić information content (AvgIpc) is 1.98. The number of alkyl halides is 3. The van der Waals surface area contributed by atoms with Crippen LogP contribution in [-0.2, 0) is 19.5 Å². The first-order valence-electron chi connectivity index (χ1n) is 3.71. The van der Waals surface area contributed by atoms with Crippen LogP contribution in [0.25, 0.3) is 0 Å². The topological polar surface area (TPSA) is 72.5 Å². The number of hydrogen-bond donors (Lipinski definition) is 1. The molecule has 1 unspecified atom stereocenters. The van der Waals surface area contributed by atoms with E-state index in [4.69, 9.17) is 0 Å². The molecule has 1 amide bonds. The Labute approximate surface area is 84.5 Å². The van der Waals surface area contributed by atoms with E-state index in [1.54, 1.807) is 0 Å². The van der Waals surface area contributed by atoms with Crippen LogP contribution in [-0.4, -0.2) is 38.6 Å². The number of hydroxylamine groups is 1. The summed E-state index contributed by atoms with van der Waals surface area (Å²) < 4.78 is 56.2. The summed E-state index contributed by atoms with van der Waals surface area (Å²) in [5, 5.41) is -1.45. The van der Waals surface area contributed by atoms with Crippen molar-refractivity contribution in [2.75, 3.05) is 12.9 Å². The number of amides is 1. The molecule has 0 aromatic rings. The van der Waals surface area contributed by atoms with Crippen molar-refractivity contribution < 1.29 is 31.2 Å². The van der Waals surface area contributed by atoms with E-state index in [9.17, 15) is 26.4 Å². The molecule has 0 fully saturated rings. The molecule has 1 atom stereocenters. The van der Waals surface area contributed by atoms with Crippen molar-refractivity contribution in [2.24, 2.45) is 0 Å². The number of carbonyl (C=O) groups excluding carboxylic acids is 1. The summed E-state index contributed by atoms with van der Waals surface area (Å²) in [7, 11) is -3.64. The van der Waals surface area contributed by atoms with Gasteiger partial charge in [-0.3, -0.25) is 9.63 Å². The van der Waals surface area contributed by atoms with Gasteiger partial charge in [-0.15, -0.1) is 0 Å². The third-order valence-electron chi connectivity index (χ3n) is 1.42. The predicted molar refractivity (Wildman–Crippen MR) is 44.5 cm³/mol. The molecule has 0 rings (SSSR count). The van der Waals surface area contributed by atoms with Crippen LogP contribution in [0.3, 0.4) is 0 Å². The lowest BCUT2D eigenvalue weighted by Gasteiger charge is -2.11. The second kappa shape index (κ2) is 4.79. The summed E-state index contributed by atoms with van der Waals surface area (Å²) in [5.41, 5.74) is 1.41. The van der Waals surface area contributed by atoms with Crippen molar-refractivity contribution in [1.29, 1.82) is 0 Å². The van der Waals surface area contributed by atoms with Gasteiger partial charge in [0.25, 0.3) is 5.91 Å². The smallest absolute Gasteiger partial charge is 0.271 e. The van der Waals surface area contributed by atoms with E-state index in [-0.39, 0.29) is 0 Å². The number of rotatable bonds is 4. The van der Waals surface area contributed by atoms with Crippen molar-refractivity contribution in [3.63, 3.8) is 0 Å². The minimum Gasteiger partial charge on any atom is -0.271 e. The molecule has 0 saturated carbocycles. The Morgan fingerprint density at radius 3 is 2.27 bits per heavy atom. The molecule has 15 heavy (non-hydrogen) atoms. The van der Waals surface area contributed by atoms with Gasteiger partial charge in [-0.25, -0.2) is 13.9 Å². The summed E-state index contributed by atoms with van der Waals surface area (Å²) in [6.45, 7) is -0.628. The second-order valence-electron chi connectivity index (χ2n) is 2.84. The maximum absolute atomic E-state index is 11.5. The van der Waals surface area contributed by atoms with E-state index < -0.39 is 33.8 Å². The quantitative estimate of drug-likeness (QED) is 0.713. The van der Waals surface area contributed by atoms with Crippen LogP contribution in [0.15, 0.2) is 0 Å². The zero-order valence-electron chi connectivity index (χ0n) is 7.96. The van der Waals surface area contributed by atoms with Crippen molar-refractivity contribution >= 4 is 15.7 Å². The van der Waals surface area contributed by atoms with Crippen molar-refractivity contribution in [1.82, 2.24) is 5.48 Å². The van der Waals surface area contributed by atoms with Gasteiger partial charge in [0.15, 0.2) is 16.4 Å². The average molecular weight is 249 g/mol. The van der Waals surface area contributed by atoms with Crippen molar-refractivity contribution in [3.8, 4) is 0 Å². The maximum Gasteiger partial charge on any atom is 0.414 e. The summed E-state index contributed by atoms with van der Waals surface area (Å²) in [6, 6.07) is 0. The molecule has 9 heteroatoms. The Kier molecular flexibility index (Phi) is 4.53. The highest BCUT2D eigenvalue weighted by Gasteiger charge is 2.29. The summed E-state index contributed by atoms with van der Waals surface area (Å²) >= 11 is 0. The van der Waals surface area contributed by atoms with E-state index in [0.29, 0.717) is 0 Å². The van der Waals surface area contributed by atoms with Crippen LogP contribution in [0.2, 0.25) is 0 Å². The maximum atomic E-state index is 11.5. The molecule has 0 spiro atoms. The molecule has 0 aliphatic rings. The van der Waals surface area contributed by atoms with Crippen molar-refractivity contribution in [3.05, 3.63) is 0 Å². The first-order valence-corrected chi connectivity index (χ1v) is 5.67. The first-order chi connectivity index (χ1) is 6.54. The van der Waals surface area contributed by atoms with Gasteiger partial charge in [0.1, 0.15) is 5.25 Å². The van der Waals surface area contributed by atoms with Gasteiger partial charge in [0.2, 0.25) is 0 Å². The van der Waals surface area contributed by atoms with Crippen LogP contribution in [0.4, 0.5) is 13.2 Å². The molecule has 0 aliphatic carbocycles. The zero-order chi connectivity index (χ0) is 12.3. The Morgan fingerprint density at radius 1 is 1.47 bits per heavy atom. The fourth-order valence-corrected chi connectivity index (χ4v) is 0.903. The zero-order valence-corrected chi connectivity index (χ0v) is 8.78. The SMILES string of the molecule is CC(C(=O)NOCC(F)(F)F)S(C)(=O)=O. The molecule has 0 bridgehead atoms. The van der Waals surface area contributed by atoms with Gasteiger partial charge in [-0.2, -0.15) is 13.2 Å². The predicted octanol–water partition coefficient (Wildman–Crippen LogP) is 0.0296. The highest BCUT2D eigenvalue weighted by molar-refractivity contribution is 7.92. The minimum atomic E-state index is -4.58.